The van der Waals surface area contributed by atoms with E-state index in [2.05, 4.69) is 6.58 Å². The molecule has 0 fully saturated rings. The van der Waals surface area contributed by atoms with Gasteiger partial charge < -0.3 is 10.8 Å². The van der Waals surface area contributed by atoms with Crippen LogP contribution < -0.4 is 5.73 Å². The molecule has 0 unspecified atom stereocenters. The molecule has 2 rings (SSSR count). The number of hydrogen-bond acceptors (Lipinski definition) is 2. The van der Waals surface area contributed by atoms with E-state index in [-0.39, 0.29) is 18.4 Å². The van der Waals surface area contributed by atoms with Gasteiger partial charge in [-0.1, -0.05) is 36.4 Å². The van der Waals surface area contributed by atoms with Crippen LogP contribution in [0.3, 0.4) is 0 Å². The van der Waals surface area contributed by atoms with E-state index in [1.165, 1.54) is 0 Å². The molecule has 18 heavy (non-hydrogen) atoms. The van der Waals surface area contributed by atoms with E-state index >= 15 is 0 Å². The minimum absolute atomic E-state index is 0. The van der Waals surface area contributed by atoms with Crippen molar-refractivity contribution in [2.45, 2.75) is 18.9 Å². The SMILES string of the molecule is C=CCC[C@H](N)c1ccc(O)c2ccccc12.Cl. The number of aromatic hydroxyl groups is 1. The second-order valence-corrected chi connectivity index (χ2v) is 4.19. The molecule has 0 spiro atoms. The standard InChI is InChI=1S/C15H17NO.ClH/c1-2-3-8-14(16)12-9-10-15(17)13-7-5-4-6-11(12)13;/h2,4-7,9-10,14,17H,1,3,8,16H2;1H/t14-;/m0./s1. The molecule has 0 aromatic heterocycles. The summed E-state index contributed by atoms with van der Waals surface area (Å²) in [4.78, 5) is 0. The average molecular weight is 264 g/mol. The monoisotopic (exact) mass is 263 g/mol. The molecule has 3 N–H and O–H groups in total. The predicted molar refractivity (Wildman–Crippen MR) is 79.2 cm³/mol. The highest BCUT2D eigenvalue weighted by atomic mass is 35.5. The Labute approximate surface area is 114 Å². The van der Waals surface area contributed by atoms with Crippen molar-refractivity contribution in [3.8, 4) is 5.75 Å². The van der Waals surface area contributed by atoms with Crippen molar-refractivity contribution in [2.24, 2.45) is 5.73 Å². The predicted octanol–water partition coefficient (Wildman–Crippen LogP) is 3.93. The summed E-state index contributed by atoms with van der Waals surface area (Å²) in [5.41, 5.74) is 7.25. The third-order valence-electron chi connectivity index (χ3n) is 3.02. The van der Waals surface area contributed by atoms with Gasteiger partial charge in [-0.25, -0.2) is 0 Å². The fraction of sp³-hybridized carbons (Fsp3) is 0.200. The largest absolute Gasteiger partial charge is 0.507 e. The van der Waals surface area contributed by atoms with Crippen molar-refractivity contribution < 1.29 is 5.11 Å². The van der Waals surface area contributed by atoms with E-state index in [0.717, 1.165) is 29.2 Å². The molecule has 0 saturated carbocycles. The van der Waals surface area contributed by atoms with Crippen LogP contribution in [0.5, 0.6) is 5.75 Å². The lowest BCUT2D eigenvalue weighted by Crippen LogP contribution is -2.10. The lowest BCUT2D eigenvalue weighted by Gasteiger charge is -2.14. The van der Waals surface area contributed by atoms with Crippen LogP contribution >= 0.6 is 12.4 Å². The quantitative estimate of drug-likeness (QED) is 0.821. The van der Waals surface area contributed by atoms with Crippen molar-refractivity contribution in [1.29, 1.82) is 0 Å². The van der Waals surface area contributed by atoms with Gasteiger partial charge in [-0.05, 0) is 29.9 Å². The second-order valence-electron chi connectivity index (χ2n) is 4.19. The van der Waals surface area contributed by atoms with E-state index in [9.17, 15) is 5.11 Å². The molecule has 96 valence electrons. The van der Waals surface area contributed by atoms with Crippen LogP contribution in [0.4, 0.5) is 0 Å². The summed E-state index contributed by atoms with van der Waals surface area (Å²) in [6.07, 6.45) is 3.65. The lowest BCUT2D eigenvalue weighted by molar-refractivity contribution is 0.481. The third-order valence-corrected chi connectivity index (χ3v) is 3.02. The number of phenols is 1. The molecule has 0 amide bonds. The molecule has 0 saturated heterocycles. The Morgan fingerprint density at radius 2 is 1.83 bits per heavy atom. The molecule has 0 bridgehead atoms. The van der Waals surface area contributed by atoms with Crippen molar-refractivity contribution >= 4 is 23.2 Å². The van der Waals surface area contributed by atoms with Gasteiger partial charge in [0.05, 0.1) is 0 Å². The van der Waals surface area contributed by atoms with Crippen molar-refractivity contribution in [3.05, 3.63) is 54.6 Å². The van der Waals surface area contributed by atoms with E-state index in [4.69, 9.17) is 5.73 Å². The first-order valence-electron chi connectivity index (χ1n) is 5.81. The highest BCUT2D eigenvalue weighted by Gasteiger charge is 2.10. The van der Waals surface area contributed by atoms with E-state index in [1.807, 2.05) is 36.4 Å². The number of hydrogen-bond donors (Lipinski definition) is 2. The Morgan fingerprint density at radius 1 is 1.17 bits per heavy atom. The average Bonchev–Trinajstić information content (AvgIpc) is 2.37. The molecule has 1 atom stereocenters. The van der Waals surface area contributed by atoms with Crippen LogP contribution in [0, 0.1) is 0 Å². The zero-order chi connectivity index (χ0) is 12.3. The number of benzene rings is 2. The van der Waals surface area contributed by atoms with Crippen molar-refractivity contribution in [1.82, 2.24) is 0 Å². The normalized spacial score (nSPS) is 11.8. The maximum absolute atomic E-state index is 9.80. The fourth-order valence-electron chi connectivity index (χ4n) is 2.08. The van der Waals surface area contributed by atoms with Gasteiger partial charge in [0.15, 0.2) is 0 Å². The molecular weight excluding hydrogens is 246 g/mol. The van der Waals surface area contributed by atoms with Crippen molar-refractivity contribution in [2.75, 3.05) is 0 Å². The van der Waals surface area contributed by atoms with Gasteiger partial charge in [-0.2, -0.15) is 0 Å². The number of nitrogens with two attached hydrogens (primary N) is 1. The first-order valence-corrected chi connectivity index (χ1v) is 5.81. The number of rotatable bonds is 4. The number of halogens is 1. The first kappa shape index (κ1) is 14.6. The Hall–Kier alpha value is -1.51. The van der Waals surface area contributed by atoms with Gasteiger partial charge in [0.2, 0.25) is 0 Å². The molecule has 0 aliphatic carbocycles. The van der Waals surface area contributed by atoms with E-state index < -0.39 is 0 Å². The van der Waals surface area contributed by atoms with Crippen LogP contribution in [0.1, 0.15) is 24.4 Å². The minimum atomic E-state index is -0.0153. The molecule has 2 nitrogen and oxygen atoms in total. The Kier molecular flexibility index (Phi) is 5.20. The van der Waals surface area contributed by atoms with Crippen LogP contribution in [0.15, 0.2) is 49.1 Å². The van der Waals surface area contributed by atoms with E-state index in [1.54, 1.807) is 6.07 Å². The van der Waals surface area contributed by atoms with E-state index in [0.29, 0.717) is 5.75 Å². The van der Waals surface area contributed by atoms with Gasteiger partial charge in [-0.15, -0.1) is 19.0 Å². The van der Waals surface area contributed by atoms with Gasteiger partial charge in [0.25, 0.3) is 0 Å². The summed E-state index contributed by atoms with van der Waals surface area (Å²) < 4.78 is 0. The van der Waals surface area contributed by atoms with Crippen molar-refractivity contribution in [3.63, 3.8) is 0 Å². The fourth-order valence-corrected chi connectivity index (χ4v) is 2.08. The topological polar surface area (TPSA) is 46.2 Å². The molecule has 2 aromatic rings. The van der Waals surface area contributed by atoms with Crippen LogP contribution in [0.2, 0.25) is 0 Å². The maximum Gasteiger partial charge on any atom is 0.123 e. The maximum atomic E-state index is 9.80. The molecule has 3 heteroatoms. The van der Waals surface area contributed by atoms with Gasteiger partial charge in [0, 0.05) is 11.4 Å². The molecule has 2 aromatic carbocycles. The smallest absolute Gasteiger partial charge is 0.123 e. The summed E-state index contributed by atoms with van der Waals surface area (Å²) in [6.45, 7) is 3.71. The Balaban J connectivity index is 0.00000162. The highest BCUT2D eigenvalue weighted by molar-refractivity contribution is 5.91. The minimum Gasteiger partial charge on any atom is -0.507 e. The number of fused-ring (bicyclic) bond motifs is 1. The first-order chi connectivity index (χ1) is 8.24. The third kappa shape index (κ3) is 2.84. The molecular formula is C15H18ClNO. The summed E-state index contributed by atoms with van der Waals surface area (Å²) >= 11 is 0. The Morgan fingerprint density at radius 3 is 2.50 bits per heavy atom. The summed E-state index contributed by atoms with van der Waals surface area (Å²) in [5, 5.41) is 11.7. The molecule has 0 aliphatic heterocycles. The van der Waals surface area contributed by atoms with Crippen LogP contribution in [-0.2, 0) is 0 Å². The molecule has 0 aliphatic rings. The number of phenolic OH excluding ortho intramolecular Hbond substituents is 1. The number of allylic oxidation sites excluding steroid dienone is 1. The lowest BCUT2D eigenvalue weighted by atomic mass is 9.96. The van der Waals surface area contributed by atoms with Crippen LogP contribution in [-0.4, -0.2) is 5.11 Å². The van der Waals surface area contributed by atoms with Crippen LogP contribution in [0.25, 0.3) is 10.8 Å². The molecule has 0 radical (unpaired) electrons. The zero-order valence-corrected chi connectivity index (χ0v) is 11.0. The highest BCUT2D eigenvalue weighted by Crippen LogP contribution is 2.31. The summed E-state index contributed by atoms with van der Waals surface area (Å²) in [6, 6.07) is 11.4. The van der Waals surface area contributed by atoms with Gasteiger partial charge in [0.1, 0.15) is 5.75 Å². The Bertz CT molecular complexity index is 539. The molecule has 0 heterocycles. The zero-order valence-electron chi connectivity index (χ0n) is 10.2. The second kappa shape index (κ2) is 6.43. The van der Waals surface area contributed by atoms with Gasteiger partial charge >= 0.3 is 0 Å². The summed E-state index contributed by atoms with van der Waals surface area (Å²) in [7, 11) is 0. The van der Waals surface area contributed by atoms with Gasteiger partial charge in [-0.3, -0.25) is 0 Å². The summed E-state index contributed by atoms with van der Waals surface area (Å²) in [5.74, 6) is 0.306.